The first-order valence-corrected chi connectivity index (χ1v) is 17.6. The van der Waals surface area contributed by atoms with Crippen molar-refractivity contribution < 1.29 is 36.1 Å². The van der Waals surface area contributed by atoms with Crippen LogP contribution >= 0.6 is 0 Å². The van der Waals surface area contributed by atoms with E-state index in [9.17, 15) is 9.59 Å². The van der Waals surface area contributed by atoms with Gasteiger partial charge >= 0.3 is 29.7 Å². The van der Waals surface area contributed by atoms with Crippen LogP contribution in [0.1, 0.15) is 60.8 Å². The van der Waals surface area contributed by atoms with Crippen molar-refractivity contribution >= 4 is 29.7 Å². The van der Waals surface area contributed by atoms with Crippen LogP contribution in [-0.2, 0) is 26.6 Å². The van der Waals surface area contributed by atoms with E-state index in [4.69, 9.17) is 26.6 Å². The summed E-state index contributed by atoms with van der Waals surface area (Å²) in [5.74, 6) is 0. The van der Waals surface area contributed by atoms with E-state index in [0.29, 0.717) is 78.3 Å². The average Bonchev–Trinajstić information content (AvgIpc) is 2.85. The molecule has 0 heterocycles. The monoisotopic (exact) mass is 568 g/mol. The van der Waals surface area contributed by atoms with E-state index in [0.717, 1.165) is 18.9 Å². The molecule has 0 rings (SSSR count). The maximum Gasteiger partial charge on any atom is 0.500 e. The molecule has 0 radical (unpaired) electrons. The van der Waals surface area contributed by atoms with Gasteiger partial charge in [-0.15, -0.1) is 0 Å². The zero-order chi connectivity index (χ0) is 27.8. The number of hydrogen-bond acceptors (Lipinski definition) is 8. The molecule has 0 fully saturated rings. The first kappa shape index (κ1) is 35.7. The second-order valence-corrected chi connectivity index (χ2v) is 13.4. The second kappa shape index (κ2) is 22.7. The molecule has 0 aromatic rings. The minimum Gasteiger partial charge on any atom is -0.374 e. The molecule has 0 saturated heterocycles. The Hall–Kier alpha value is -1.27. The molecule has 0 saturated carbocycles. The highest BCUT2D eigenvalue weighted by Crippen LogP contribution is 2.19. The molecule has 0 aliphatic rings. The fraction of sp³-hybridized carbons (Fsp3) is 0.913. The lowest BCUT2D eigenvalue weighted by Gasteiger charge is -2.28. The molecular weight excluding hydrogens is 516 g/mol. The topological polar surface area (TPSA) is 138 Å². The van der Waals surface area contributed by atoms with Crippen LogP contribution in [0.25, 0.3) is 0 Å². The van der Waals surface area contributed by atoms with E-state index in [2.05, 4.69) is 21.3 Å². The molecule has 4 N–H and O–H groups in total. The molecule has 0 bridgehead atoms. The number of hydrogen-bond donors (Lipinski definition) is 4. The van der Waals surface area contributed by atoms with Crippen LogP contribution in [0, 0.1) is 0 Å². The molecule has 0 spiro atoms. The lowest BCUT2D eigenvalue weighted by Crippen LogP contribution is -2.47. The van der Waals surface area contributed by atoms with Crippen LogP contribution in [-0.4, -0.2) is 95.5 Å². The van der Waals surface area contributed by atoms with Gasteiger partial charge in [-0.05, 0) is 60.8 Å². The third kappa shape index (κ3) is 17.0. The SMILES string of the molecule is CCO[Si](CCCCNC(=O)NCCNC(=O)NCCC[Si](OCC)(OCC)OCC)(OCC)OCC. The van der Waals surface area contributed by atoms with E-state index in [-0.39, 0.29) is 12.1 Å². The Labute approximate surface area is 225 Å². The Morgan fingerprint density at radius 1 is 0.459 bits per heavy atom. The van der Waals surface area contributed by atoms with Gasteiger partial charge in [0.05, 0.1) is 0 Å². The van der Waals surface area contributed by atoms with Crippen molar-refractivity contribution in [2.75, 3.05) is 65.8 Å². The Morgan fingerprint density at radius 3 is 1.11 bits per heavy atom. The van der Waals surface area contributed by atoms with E-state index < -0.39 is 17.6 Å². The Balaban J connectivity index is 4.02. The summed E-state index contributed by atoms with van der Waals surface area (Å²) in [6.45, 7) is 16.4. The van der Waals surface area contributed by atoms with Gasteiger partial charge in [-0.2, -0.15) is 0 Å². The molecule has 0 aromatic carbocycles. The summed E-state index contributed by atoms with van der Waals surface area (Å²) in [5, 5.41) is 11.1. The third-order valence-electron chi connectivity index (χ3n) is 5.02. The molecule has 4 amide bonds. The van der Waals surface area contributed by atoms with Crippen molar-refractivity contribution in [3.05, 3.63) is 0 Å². The van der Waals surface area contributed by atoms with Gasteiger partial charge in [0, 0.05) is 77.9 Å². The molecule has 14 heteroatoms. The zero-order valence-corrected chi connectivity index (χ0v) is 25.9. The molecular formula is C23H52N4O8Si2. The predicted octanol–water partition coefficient (Wildman–Crippen LogP) is 2.85. The van der Waals surface area contributed by atoms with Gasteiger partial charge in [-0.1, -0.05) is 0 Å². The van der Waals surface area contributed by atoms with Crippen molar-refractivity contribution in [3.63, 3.8) is 0 Å². The van der Waals surface area contributed by atoms with Crippen LogP contribution in [0.3, 0.4) is 0 Å². The highest BCUT2D eigenvalue weighted by molar-refractivity contribution is 6.61. The predicted molar refractivity (Wildman–Crippen MR) is 148 cm³/mol. The zero-order valence-electron chi connectivity index (χ0n) is 23.9. The van der Waals surface area contributed by atoms with Gasteiger partial charge in [-0.3, -0.25) is 0 Å². The third-order valence-corrected chi connectivity index (χ3v) is 11.3. The van der Waals surface area contributed by atoms with Gasteiger partial charge in [0.2, 0.25) is 0 Å². The summed E-state index contributed by atoms with van der Waals surface area (Å²) in [7, 11) is -5.33. The number of urea groups is 2. The quantitative estimate of drug-likeness (QED) is 0.103. The van der Waals surface area contributed by atoms with Crippen LogP contribution in [0.15, 0.2) is 0 Å². The van der Waals surface area contributed by atoms with Gasteiger partial charge in [0.15, 0.2) is 0 Å². The smallest absolute Gasteiger partial charge is 0.374 e. The molecule has 220 valence electrons. The number of carbonyl (C=O) groups is 2. The molecule has 37 heavy (non-hydrogen) atoms. The minimum absolute atomic E-state index is 0.269. The first-order chi connectivity index (χ1) is 17.9. The van der Waals surface area contributed by atoms with E-state index in [1.807, 2.05) is 41.5 Å². The standard InChI is InChI=1S/C23H52N4O8Si2/c1-7-30-36(31-8-2,32-9-3)20-14-13-16-24-22(28)26-18-19-27-23(29)25-17-15-21-37(33-10-4,34-11-5)35-12-6/h7-21H2,1-6H3,(H2,24,26,28)(H2,25,27,29). The second-order valence-electron chi connectivity index (χ2n) is 7.89. The summed E-state index contributed by atoms with van der Waals surface area (Å²) < 4.78 is 34.9. The van der Waals surface area contributed by atoms with Crippen LogP contribution in [0.4, 0.5) is 9.59 Å². The number of unbranched alkanes of at least 4 members (excludes halogenated alkanes) is 1. The van der Waals surface area contributed by atoms with Crippen molar-refractivity contribution in [1.82, 2.24) is 21.3 Å². The number of rotatable bonds is 24. The molecule has 0 aliphatic carbocycles. The highest BCUT2D eigenvalue weighted by atomic mass is 28.4. The summed E-state index contributed by atoms with van der Waals surface area (Å²) in [6.07, 6.45) is 2.30. The summed E-state index contributed by atoms with van der Waals surface area (Å²) >= 11 is 0. The van der Waals surface area contributed by atoms with E-state index in [1.54, 1.807) is 0 Å². The number of amides is 4. The Bertz CT molecular complexity index is 559. The van der Waals surface area contributed by atoms with Crippen molar-refractivity contribution in [3.8, 4) is 0 Å². The van der Waals surface area contributed by atoms with Crippen LogP contribution in [0.2, 0.25) is 12.1 Å². The van der Waals surface area contributed by atoms with E-state index >= 15 is 0 Å². The molecule has 0 aromatic heterocycles. The van der Waals surface area contributed by atoms with Gasteiger partial charge in [0.1, 0.15) is 0 Å². The maximum absolute atomic E-state index is 12.0. The number of carbonyl (C=O) groups excluding carboxylic acids is 2. The lowest BCUT2D eigenvalue weighted by atomic mass is 10.3. The molecule has 0 unspecified atom stereocenters. The maximum atomic E-state index is 12.0. The summed E-state index contributed by atoms with van der Waals surface area (Å²) in [6, 6.07) is 0.798. The van der Waals surface area contributed by atoms with Crippen molar-refractivity contribution in [2.45, 2.75) is 72.9 Å². The van der Waals surface area contributed by atoms with Crippen LogP contribution < -0.4 is 21.3 Å². The minimum atomic E-state index is -2.69. The normalized spacial score (nSPS) is 11.8. The summed E-state index contributed by atoms with van der Waals surface area (Å²) in [4.78, 5) is 24.0. The molecule has 0 aliphatic heterocycles. The fourth-order valence-electron chi connectivity index (χ4n) is 3.65. The van der Waals surface area contributed by atoms with Crippen LogP contribution in [0.5, 0.6) is 0 Å². The Kier molecular flexibility index (Phi) is 21.9. The highest BCUT2D eigenvalue weighted by Gasteiger charge is 2.40. The summed E-state index contributed by atoms with van der Waals surface area (Å²) in [5.41, 5.74) is 0. The van der Waals surface area contributed by atoms with Gasteiger partial charge < -0.3 is 47.8 Å². The number of nitrogens with one attached hydrogen (secondary N) is 4. The van der Waals surface area contributed by atoms with Crippen molar-refractivity contribution in [1.29, 1.82) is 0 Å². The fourth-order valence-corrected chi connectivity index (χ4v) is 8.95. The first-order valence-electron chi connectivity index (χ1n) is 13.7. The lowest BCUT2D eigenvalue weighted by molar-refractivity contribution is 0.0700. The van der Waals surface area contributed by atoms with Gasteiger partial charge in [-0.25, -0.2) is 9.59 Å². The molecule has 0 atom stereocenters. The van der Waals surface area contributed by atoms with E-state index in [1.165, 1.54) is 0 Å². The van der Waals surface area contributed by atoms with Crippen molar-refractivity contribution in [2.24, 2.45) is 0 Å². The Morgan fingerprint density at radius 2 is 0.757 bits per heavy atom. The average molecular weight is 569 g/mol. The van der Waals surface area contributed by atoms with Gasteiger partial charge in [0.25, 0.3) is 0 Å². The molecule has 12 nitrogen and oxygen atoms in total. The largest absolute Gasteiger partial charge is 0.500 e.